The largest absolute Gasteiger partial charge is 0.480 e. The monoisotopic (exact) mass is 502 g/mol. The van der Waals surface area contributed by atoms with Crippen LogP contribution in [-0.2, 0) is 13.6 Å². The predicted octanol–water partition coefficient (Wildman–Crippen LogP) is 5.08. The Balaban J connectivity index is 1.22. The van der Waals surface area contributed by atoms with Crippen LogP contribution in [0.15, 0.2) is 61.2 Å². The van der Waals surface area contributed by atoms with Crippen LogP contribution in [0.3, 0.4) is 0 Å². The lowest BCUT2D eigenvalue weighted by Gasteiger charge is -2.11. The Morgan fingerprint density at radius 2 is 1.82 bits per heavy atom. The van der Waals surface area contributed by atoms with Crippen LogP contribution in [0.1, 0.15) is 35.6 Å². The number of hydrogen-bond donors (Lipinski definition) is 0. The smallest absolute Gasteiger partial charge is 0.227 e. The molecule has 1 saturated carbocycles. The average Bonchev–Trinajstić information content (AvgIpc) is 3.64. The van der Waals surface area contributed by atoms with Crippen molar-refractivity contribution in [3.63, 3.8) is 0 Å². The van der Waals surface area contributed by atoms with Crippen molar-refractivity contribution in [3.8, 4) is 28.7 Å². The normalized spacial score (nSPS) is 13.4. The molecule has 9 heteroatoms. The zero-order valence-corrected chi connectivity index (χ0v) is 21.5. The Labute approximate surface area is 219 Å². The van der Waals surface area contributed by atoms with E-state index in [4.69, 9.17) is 14.7 Å². The summed E-state index contributed by atoms with van der Waals surface area (Å²) >= 11 is 0. The van der Waals surface area contributed by atoms with Gasteiger partial charge in [0.25, 0.3) is 0 Å². The molecule has 6 aromatic rings. The van der Waals surface area contributed by atoms with Gasteiger partial charge < -0.3 is 9.30 Å². The molecule has 0 atom stereocenters. The molecule has 7 rings (SSSR count). The molecule has 0 bridgehead atoms. The van der Waals surface area contributed by atoms with Crippen LogP contribution in [-0.4, -0.2) is 46.4 Å². The molecule has 4 aromatic heterocycles. The van der Waals surface area contributed by atoms with Crippen molar-refractivity contribution in [3.05, 3.63) is 78.0 Å². The topological polar surface area (TPSA) is 96.4 Å². The molecule has 0 N–H and O–H groups in total. The van der Waals surface area contributed by atoms with Gasteiger partial charge in [-0.3, -0.25) is 0 Å². The van der Waals surface area contributed by atoms with Crippen molar-refractivity contribution in [1.82, 2.24) is 39.3 Å². The molecule has 1 aliphatic rings. The lowest BCUT2D eigenvalue weighted by Crippen LogP contribution is -2.05. The van der Waals surface area contributed by atoms with E-state index in [1.165, 1.54) is 5.56 Å². The number of ether oxygens (including phenoxy) is 1. The molecule has 0 spiro atoms. The number of para-hydroxylation sites is 1. The first-order chi connectivity index (χ1) is 18.6. The fourth-order valence-corrected chi connectivity index (χ4v) is 5.06. The van der Waals surface area contributed by atoms with Gasteiger partial charge >= 0.3 is 0 Å². The Morgan fingerprint density at radius 1 is 0.974 bits per heavy atom. The highest BCUT2D eigenvalue weighted by atomic mass is 16.5. The Kier molecular flexibility index (Phi) is 5.17. The van der Waals surface area contributed by atoms with Crippen LogP contribution in [0.5, 0.6) is 5.88 Å². The third-order valence-electron chi connectivity index (χ3n) is 7.26. The summed E-state index contributed by atoms with van der Waals surface area (Å²) in [6, 6.07) is 14.8. The van der Waals surface area contributed by atoms with Crippen LogP contribution in [0, 0.1) is 6.92 Å². The fraction of sp³-hybridized carbons (Fsp3) is 0.241. The second kappa shape index (κ2) is 8.72. The summed E-state index contributed by atoms with van der Waals surface area (Å²) in [7, 11) is 3.68. The van der Waals surface area contributed by atoms with E-state index in [2.05, 4.69) is 81.1 Å². The van der Waals surface area contributed by atoms with E-state index in [0.717, 1.165) is 63.1 Å². The molecule has 0 radical (unpaired) electrons. The highest BCUT2D eigenvalue weighted by Crippen LogP contribution is 2.44. The zero-order chi connectivity index (χ0) is 25.8. The summed E-state index contributed by atoms with van der Waals surface area (Å²) in [6.45, 7) is 2.68. The maximum absolute atomic E-state index is 5.56. The van der Waals surface area contributed by atoms with E-state index < -0.39 is 0 Å². The molecule has 4 heterocycles. The molecular weight excluding hydrogens is 476 g/mol. The van der Waals surface area contributed by atoms with Gasteiger partial charge in [-0.2, -0.15) is 5.10 Å². The standard InChI is InChI=1S/C29H26N8O/c1-17-5-4-6-22-24(17)34-27(36(22)2)20-9-7-18(8-10-20)15-37-28-21(14-33-37)13-30-26(35-28)23-25(19-11-12-19)31-16-32-29(23)38-3/h4-10,13-14,16,19H,11-12,15H2,1-3H3. The van der Waals surface area contributed by atoms with Gasteiger partial charge in [0.1, 0.15) is 17.7 Å². The molecule has 0 saturated heterocycles. The first kappa shape index (κ1) is 22.5. The molecule has 1 aliphatic carbocycles. The fourth-order valence-electron chi connectivity index (χ4n) is 5.06. The molecule has 1 fully saturated rings. The summed E-state index contributed by atoms with van der Waals surface area (Å²) in [4.78, 5) is 23.3. The van der Waals surface area contributed by atoms with Gasteiger partial charge in [0.2, 0.25) is 5.88 Å². The number of hydrogen-bond acceptors (Lipinski definition) is 7. The molecule has 2 aromatic carbocycles. The lowest BCUT2D eigenvalue weighted by molar-refractivity contribution is 0.397. The summed E-state index contributed by atoms with van der Waals surface area (Å²) < 4.78 is 9.61. The number of aromatic nitrogens is 8. The van der Waals surface area contributed by atoms with Crippen molar-refractivity contribution in [2.75, 3.05) is 7.11 Å². The number of aryl methyl sites for hydroxylation is 2. The minimum atomic E-state index is 0.407. The molecule has 188 valence electrons. The molecule has 0 unspecified atom stereocenters. The predicted molar refractivity (Wildman–Crippen MR) is 145 cm³/mol. The van der Waals surface area contributed by atoms with Crippen LogP contribution < -0.4 is 4.74 Å². The van der Waals surface area contributed by atoms with Gasteiger partial charge in [-0.15, -0.1) is 0 Å². The second-order valence-electron chi connectivity index (χ2n) is 9.83. The second-order valence-corrected chi connectivity index (χ2v) is 9.83. The summed E-state index contributed by atoms with van der Waals surface area (Å²) in [5, 5.41) is 5.49. The van der Waals surface area contributed by atoms with Gasteiger partial charge in [0.05, 0.1) is 42.0 Å². The highest BCUT2D eigenvalue weighted by molar-refractivity contribution is 5.83. The van der Waals surface area contributed by atoms with Gasteiger partial charge in [-0.1, -0.05) is 36.4 Å². The van der Waals surface area contributed by atoms with E-state index in [9.17, 15) is 0 Å². The van der Waals surface area contributed by atoms with Crippen LogP contribution in [0.4, 0.5) is 0 Å². The van der Waals surface area contributed by atoms with Crippen molar-refractivity contribution < 1.29 is 4.74 Å². The molecule has 9 nitrogen and oxygen atoms in total. The molecule has 0 aliphatic heterocycles. The van der Waals surface area contributed by atoms with Crippen LogP contribution in [0.25, 0.3) is 44.8 Å². The van der Waals surface area contributed by atoms with Crippen molar-refractivity contribution >= 4 is 22.1 Å². The summed E-state index contributed by atoms with van der Waals surface area (Å²) in [5.41, 5.74) is 8.03. The maximum Gasteiger partial charge on any atom is 0.227 e. The minimum Gasteiger partial charge on any atom is -0.480 e. The first-order valence-corrected chi connectivity index (χ1v) is 12.7. The van der Waals surface area contributed by atoms with Crippen molar-refractivity contribution in [2.24, 2.45) is 7.05 Å². The minimum absolute atomic E-state index is 0.407. The third kappa shape index (κ3) is 3.70. The Bertz CT molecular complexity index is 1810. The first-order valence-electron chi connectivity index (χ1n) is 12.7. The van der Waals surface area contributed by atoms with E-state index in [0.29, 0.717) is 24.2 Å². The third-order valence-corrected chi connectivity index (χ3v) is 7.26. The number of imidazole rings is 1. The number of methoxy groups -OCH3 is 1. The van der Waals surface area contributed by atoms with Crippen LogP contribution >= 0.6 is 0 Å². The van der Waals surface area contributed by atoms with E-state index >= 15 is 0 Å². The quantitative estimate of drug-likeness (QED) is 0.313. The number of nitrogens with zero attached hydrogens (tertiary/aromatic N) is 8. The van der Waals surface area contributed by atoms with Gasteiger partial charge in [0.15, 0.2) is 11.5 Å². The van der Waals surface area contributed by atoms with Crippen molar-refractivity contribution in [1.29, 1.82) is 0 Å². The summed E-state index contributed by atoms with van der Waals surface area (Å²) in [6.07, 6.45) is 7.38. The number of benzene rings is 2. The van der Waals surface area contributed by atoms with E-state index in [-0.39, 0.29) is 0 Å². The van der Waals surface area contributed by atoms with Crippen LogP contribution in [0.2, 0.25) is 0 Å². The molecule has 38 heavy (non-hydrogen) atoms. The SMILES string of the molecule is COc1ncnc(C2CC2)c1-c1ncc2cnn(Cc3ccc(-c4nc5c(C)cccc5n4C)cc3)c2n1. The highest BCUT2D eigenvalue weighted by Gasteiger charge is 2.31. The van der Waals surface area contributed by atoms with Gasteiger partial charge in [-0.05, 0) is 37.0 Å². The van der Waals surface area contributed by atoms with E-state index in [1.807, 2.05) is 4.68 Å². The molecule has 0 amide bonds. The summed E-state index contributed by atoms with van der Waals surface area (Å²) in [5.74, 6) is 2.42. The van der Waals surface area contributed by atoms with Gasteiger partial charge in [0, 0.05) is 24.7 Å². The van der Waals surface area contributed by atoms with E-state index in [1.54, 1.807) is 25.8 Å². The molecular formula is C29H26N8O. The average molecular weight is 503 g/mol. The Morgan fingerprint density at radius 3 is 2.58 bits per heavy atom. The zero-order valence-electron chi connectivity index (χ0n) is 21.5. The van der Waals surface area contributed by atoms with Crippen molar-refractivity contribution in [2.45, 2.75) is 32.2 Å². The maximum atomic E-state index is 5.56. The number of rotatable bonds is 6. The Hall–Kier alpha value is -4.66. The lowest BCUT2D eigenvalue weighted by atomic mass is 10.1. The number of fused-ring (bicyclic) bond motifs is 2. The van der Waals surface area contributed by atoms with Gasteiger partial charge in [-0.25, -0.2) is 29.6 Å².